The largest absolute Gasteiger partial charge is 0.366 e. The lowest BCUT2D eigenvalue weighted by Gasteiger charge is -2.05. The van der Waals surface area contributed by atoms with Gasteiger partial charge in [0, 0.05) is 16.3 Å². The monoisotopic (exact) mass is 336 g/mol. The maximum atomic E-state index is 12.0. The molecule has 22 heavy (non-hydrogen) atoms. The molecule has 0 saturated carbocycles. The topological polar surface area (TPSA) is 72.2 Å². The molecule has 0 fully saturated rings. The Morgan fingerprint density at radius 3 is 2.59 bits per heavy atom. The van der Waals surface area contributed by atoms with E-state index >= 15 is 0 Å². The summed E-state index contributed by atoms with van der Waals surface area (Å²) in [4.78, 5) is 24.2. The van der Waals surface area contributed by atoms with E-state index in [0.717, 1.165) is 23.3 Å². The van der Waals surface area contributed by atoms with Crippen LogP contribution < -0.4 is 11.1 Å². The number of hydrogen-bond acceptors (Lipinski definition) is 3. The van der Waals surface area contributed by atoms with Gasteiger partial charge < -0.3 is 11.1 Å². The highest BCUT2D eigenvalue weighted by atomic mass is 35.5. The van der Waals surface area contributed by atoms with Crippen LogP contribution in [0.4, 0.5) is 5.00 Å². The summed E-state index contributed by atoms with van der Waals surface area (Å²) in [5, 5.41) is 4.00. The van der Waals surface area contributed by atoms with Crippen molar-refractivity contribution in [2.75, 3.05) is 5.32 Å². The molecule has 0 bridgehead atoms. The average molecular weight is 337 g/mol. The second-order valence-electron chi connectivity index (χ2n) is 4.99. The van der Waals surface area contributed by atoms with Crippen molar-refractivity contribution in [3.05, 3.63) is 51.4 Å². The van der Waals surface area contributed by atoms with Gasteiger partial charge in [0.05, 0.1) is 5.56 Å². The standard InChI is InChI=1S/C16H17ClN2O2S/c1-10-9-13(15(18)21)16(22-10)19-14(20)4-2-3-11-5-7-12(17)8-6-11/h5-9H,2-4H2,1H3,(H2,18,21)(H,19,20). The third kappa shape index (κ3) is 4.58. The van der Waals surface area contributed by atoms with Gasteiger partial charge >= 0.3 is 0 Å². The van der Waals surface area contributed by atoms with Gasteiger partial charge in [-0.25, -0.2) is 0 Å². The number of thiophene rings is 1. The molecule has 2 rings (SSSR count). The van der Waals surface area contributed by atoms with Crippen LogP contribution in [0, 0.1) is 6.92 Å². The number of primary amides is 1. The molecule has 0 atom stereocenters. The molecule has 0 radical (unpaired) electrons. The fraction of sp³-hybridized carbons (Fsp3) is 0.250. The number of anilines is 1. The maximum Gasteiger partial charge on any atom is 0.251 e. The maximum absolute atomic E-state index is 12.0. The van der Waals surface area contributed by atoms with Crippen molar-refractivity contribution >= 4 is 39.8 Å². The SMILES string of the molecule is Cc1cc(C(N)=O)c(NC(=O)CCCc2ccc(Cl)cc2)s1. The Kier molecular flexibility index (Phi) is 5.57. The summed E-state index contributed by atoms with van der Waals surface area (Å²) in [6.07, 6.45) is 1.91. The van der Waals surface area contributed by atoms with Crippen LogP contribution in [0.25, 0.3) is 0 Å². The van der Waals surface area contributed by atoms with Crippen molar-refractivity contribution in [1.29, 1.82) is 0 Å². The van der Waals surface area contributed by atoms with Crippen LogP contribution in [0.2, 0.25) is 5.02 Å². The van der Waals surface area contributed by atoms with E-state index in [1.807, 2.05) is 31.2 Å². The number of hydrogen-bond donors (Lipinski definition) is 2. The quantitative estimate of drug-likeness (QED) is 0.842. The fourth-order valence-electron chi connectivity index (χ4n) is 2.08. The van der Waals surface area contributed by atoms with Crippen LogP contribution in [-0.2, 0) is 11.2 Å². The molecule has 6 heteroatoms. The number of carbonyl (C=O) groups is 2. The molecule has 2 amide bonds. The van der Waals surface area contributed by atoms with Crippen LogP contribution in [0.1, 0.15) is 33.6 Å². The molecular formula is C16H17ClN2O2S. The lowest BCUT2D eigenvalue weighted by atomic mass is 10.1. The van der Waals surface area contributed by atoms with Gasteiger partial charge in [0.15, 0.2) is 0 Å². The lowest BCUT2D eigenvalue weighted by molar-refractivity contribution is -0.116. The average Bonchev–Trinajstić information content (AvgIpc) is 2.82. The van der Waals surface area contributed by atoms with Crippen LogP contribution in [0.5, 0.6) is 0 Å². The lowest BCUT2D eigenvalue weighted by Crippen LogP contribution is -2.16. The van der Waals surface area contributed by atoms with Gasteiger partial charge in [-0.2, -0.15) is 0 Å². The number of nitrogens with two attached hydrogens (primary N) is 1. The van der Waals surface area contributed by atoms with Crippen molar-refractivity contribution in [1.82, 2.24) is 0 Å². The summed E-state index contributed by atoms with van der Waals surface area (Å²) >= 11 is 7.18. The van der Waals surface area contributed by atoms with Crippen LogP contribution in [0.15, 0.2) is 30.3 Å². The minimum Gasteiger partial charge on any atom is -0.366 e. The minimum atomic E-state index is -0.527. The molecule has 1 aromatic carbocycles. The molecule has 0 unspecified atom stereocenters. The number of benzene rings is 1. The molecule has 0 spiro atoms. The van der Waals surface area contributed by atoms with E-state index in [4.69, 9.17) is 17.3 Å². The molecule has 0 aliphatic heterocycles. The zero-order valence-electron chi connectivity index (χ0n) is 12.2. The van der Waals surface area contributed by atoms with Gasteiger partial charge in [-0.05, 0) is 43.5 Å². The summed E-state index contributed by atoms with van der Waals surface area (Å²) in [6, 6.07) is 9.27. The number of aryl methyl sites for hydroxylation is 2. The third-order valence-electron chi connectivity index (χ3n) is 3.16. The predicted octanol–water partition coefficient (Wildman–Crippen LogP) is 3.77. The Bertz CT molecular complexity index is 680. The first-order chi connectivity index (χ1) is 10.5. The first-order valence-electron chi connectivity index (χ1n) is 6.90. The third-order valence-corrected chi connectivity index (χ3v) is 4.37. The van der Waals surface area contributed by atoms with E-state index in [1.54, 1.807) is 6.07 Å². The minimum absolute atomic E-state index is 0.113. The van der Waals surface area contributed by atoms with E-state index in [-0.39, 0.29) is 5.91 Å². The first-order valence-corrected chi connectivity index (χ1v) is 8.09. The van der Waals surface area contributed by atoms with E-state index in [9.17, 15) is 9.59 Å². The Balaban J connectivity index is 1.85. The first kappa shape index (κ1) is 16.5. The van der Waals surface area contributed by atoms with E-state index in [2.05, 4.69) is 5.32 Å². The summed E-state index contributed by atoms with van der Waals surface area (Å²) in [6.45, 7) is 1.87. The second kappa shape index (κ2) is 7.42. The second-order valence-corrected chi connectivity index (χ2v) is 6.69. The van der Waals surface area contributed by atoms with E-state index in [1.165, 1.54) is 11.3 Å². The van der Waals surface area contributed by atoms with Crippen LogP contribution >= 0.6 is 22.9 Å². The Labute approximate surface area is 138 Å². The molecule has 1 heterocycles. The van der Waals surface area contributed by atoms with Gasteiger partial charge in [0.25, 0.3) is 5.91 Å². The summed E-state index contributed by atoms with van der Waals surface area (Å²) < 4.78 is 0. The summed E-state index contributed by atoms with van der Waals surface area (Å²) in [7, 11) is 0. The number of carbonyl (C=O) groups excluding carboxylic acids is 2. The molecule has 0 aliphatic rings. The van der Waals surface area contributed by atoms with Crippen molar-refractivity contribution in [3.63, 3.8) is 0 Å². The van der Waals surface area contributed by atoms with Gasteiger partial charge in [-0.3, -0.25) is 9.59 Å². The fourth-order valence-corrected chi connectivity index (χ4v) is 3.14. The van der Waals surface area contributed by atoms with Crippen LogP contribution in [-0.4, -0.2) is 11.8 Å². The molecule has 0 aliphatic carbocycles. The van der Waals surface area contributed by atoms with Crippen molar-refractivity contribution in [2.45, 2.75) is 26.2 Å². The molecular weight excluding hydrogens is 320 g/mol. The van der Waals surface area contributed by atoms with Gasteiger partial charge in [-0.15, -0.1) is 11.3 Å². The molecule has 116 valence electrons. The van der Waals surface area contributed by atoms with E-state index < -0.39 is 5.91 Å². The Hall–Kier alpha value is -1.85. The number of halogens is 1. The number of nitrogens with one attached hydrogen (secondary N) is 1. The highest BCUT2D eigenvalue weighted by Crippen LogP contribution is 2.27. The van der Waals surface area contributed by atoms with Gasteiger partial charge in [-0.1, -0.05) is 23.7 Å². The van der Waals surface area contributed by atoms with Crippen LogP contribution in [0.3, 0.4) is 0 Å². The van der Waals surface area contributed by atoms with E-state index in [0.29, 0.717) is 22.0 Å². The molecule has 3 N–H and O–H groups in total. The predicted molar refractivity (Wildman–Crippen MR) is 90.6 cm³/mol. The summed E-state index contributed by atoms with van der Waals surface area (Å²) in [5.74, 6) is -0.640. The molecule has 2 aromatic rings. The number of amides is 2. The van der Waals surface area contributed by atoms with Crippen molar-refractivity contribution < 1.29 is 9.59 Å². The Morgan fingerprint density at radius 1 is 1.27 bits per heavy atom. The van der Waals surface area contributed by atoms with Crippen molar-refractivity contribution in [2.24, 2.45) is 5.73 Å². The zero-order chi connectivity index (χ0) is 16.1. The molecule has 1 aromatic heterocycles. The van der Waals surface area contributed by atoms with Gasteiger partial charge in [0.2, 0.25) is 5.91 Å². The zero-order valence-corrected chi connectivity index (χ0v) is 13.8. The highest BCUT2D eigenvalue weighted by molar-refractivity contribution is 7.16. The number of rotatable bonds is 6. The molecule has 4 nitrogen and oxygen atoms in total. The van der Waals surface area contributed by atoms with Crippen molar-refractivity contribution in [3.8, 4) is 0 Å². The smallest absolute Gasteiger partial charge is 0.251 e. The normalized spacial score (nSPS) is 10.5. The van der Waals surface area contributed by atoms with Gasteiger partial charge in [0.1, 0.15) is 5.00 Å². The molecule has 0 saturated heterocycles. The summed E-state index contributed by atoms with van der Waals surface area (Å²) in [5.41, 5.74) is 6.81. The highest BCUT2D eigenvalue weighted by Gasteiger charge is 2.14. The Morgan fingerprint density at radius 2 is 1.95 bits per heavy atom.